The third kappa shape index (κ3) is 7.90. The van der Waals surface area contributed by atoms with Crippen LogP contribution < -0.4 is 15.4 Å². The molecule has 2 rings (SSSR count). The lowest BCUT2D eigenvalue weighted by molar-refractivity contribution is -0.140. The van der Waals surface area contributed by atoms with Crippen molar-refractivity contribution in [3.63, 3.8) is 0 Å². The molecule has 0 atom stereocenters. The van der Waals surface area contributed by atoms with Crippen LogP contribution in [-0.4, -0.2) is 49.6 Å². The number of halogens is 3. The number of nitrogens with zero attached hydrogens (tertiary/aromatic N) is 3. The highest BCUT2D eigenvalue weighted by atomic mass is 32.1. The van der Waals surface area contributed by atoms with Gasteiger partial charge in [-0.2, -0.15) is 13.2 Å². The van der Waals surface area contributed by atoms with E-state index < -0.39 is 11.9 Å². The van der Waals surface area contributed by atoms with Gasteiger partial charge in [-0.3, -0.25) is 0 Å². The van der Waals surface area contributed by atoms with Gasteiger partial charge in [-0.1, -0.05) is 18.2 Å². The smallest absolute Gasteiger partial charge is 0.434 e. The molecule has 0 aliphatic rings. The second kappa shape index (κ2) is 11.0. The van der Waals surface area contributed by atoms with Gasteiger partial charge in [0.1, 0.15) is 17.4 Å². The zero-order valence-electron chi connectivity index (χ0n) is 16.7. The summed E-state index contributed by atoms with van der Waals surface area (Å²) in [5, 5.41) is 7.46. The van der Waals surface area contributed by atoms with Crippen LogP contribution in [0.3, 0.4) is 0 Å². The molecule has 29 heavy (non-hydrogen) atoms. The minimum absolute atomic E-state index is 0.160. The van der Waals surface area contributed by atoms with Crippen molar-refractivity contribution in [2.45, 2.75) is 26.2 Å². The molecule has 0 aliphatic carbocycles. The van der Waals surface area contributed by atoms with Gasteiger partial charge in [0.15, 0.2) is 11.7 Å². The largest absolute Gasteiger partial charge is 0.492 e. The fourth-order valence-corrected chi connectivity index (χ4v) is 3.04. The van der Waals surface area contributed by atoms with E-state index in [4.69, 9.17) is 4.74 Å². The summed E-state index contributed by atoms with van der Waals surface area (Å²) in [6.45, 7) is 4.44. The average Bonchev–Trinajstić information content (AvgIpc) is 3.14. The molecule has 0 saturated heterocycles. The van der Waals surface area contributed by atoms with Gasteiger partial charge in [0.25, 0.3) is 0 Å². The fourth-order valence-electron chi connectivity index (χ4n) is 2.30. The van der Waals surface area contributed by atoms with Gasteiger partial charge >= 0.3 is 6.18 Å². The third-order valence-electron chi connectivity index (χ3n) is 3.77. The highest BCUT2D eigenvalue weighted by Gasteiger charge is 2.33. The van der Waals surface area contributed by atoms with Crippen LogP contribution >= 0.6 is 11.3 Å². The number of aromatic nitrogens is 1. The van der Waals surface area contributed by atoms with Crippen molar-refractivity contribution in [3.05, 3.63) is 45.9 Å². The molecule has 0 fully saturated rings. The first-order valence-electron chi connectivity index (χ1n) is 9.18. The van der Waals surface area contributed by atoms with Gasteiger partial charge in [-0.05, 0) is 27.1 Å². The summed E-state index contributed by atoms with van der Waals surface area (Å²) >= 11 is 0.964. The highest BCUT2D eigenvalue weighted by molar-refractivity contribution is 7.09. The lowest BCUT2D eigenvalue weighted by Crippen LogP contribution is -2.36. The maximum atomic E-state index is 12.7. The molecule has 160 valence electrons. The summed E-state index contributed by atoms with van der Waals surface area (Å²) < 4.78 is 43.9. The fraction of sp³-hybridized carbons (Fsp3) is 0.474. The SMILES string of the molecule is CCNC(=NCc1ccccc1OCCN(C)C)NCc1nc(C(F)(F)F)cs1. The summed E-state index contributed by atoms with van der Waals surface area (Å²) in [5.74, 6) is 1.27. The van der Waals surface area contributed by atoms with Crippen LogP contribution in [0, 0.1) is 0 Å². The molecule has 1 aromatic heterocycles. The predicted octanol–water partition coefficient (Wildman–Crippen LogP) is 3.36. The van der Waals surface area contributed by atoms with Crippen LogP contribution in [-0.2, 0) is 19.3 Å². The summed E-state index contributed by atoms with van der Waals surface area (Å²) in [6, 6.07) is 7.66. The van der Waals surface area contributed by atoms with Crippen molar-refractivity contribution >= 4 is 17.3 Å². The lowest BCUT2D eigenvalue weighted by atomic mass is 10.2. The van der Waals surface area contributed by atoms with E-state index in [1.54, 1.807) is 0 Å². The number of nitrogens with one attached hydrogen (secondary N) is 2. The van der Waals surface area contributed by atoms with Crippen molar-refractivity contribution in [3.8, 4) is 5.75 Å². The molecule has 1 heterocycles. The average molecular weight is 430 g/mol. The van der Waals surface area contributed by atoms with E-state index in [9.17, 15) is 13.2 Å². The number of alkyl halides is 3. The summed E-state index contributed by atoms with van der Waals surface area (Å²) in [5.41, 5.74) is 0.0575. The molecule has 0 amide bonds. The van der Waals surface area contributed by atoms with Crippen molar-refractivity contribution in [2.24, 2.45) is 4.99 Å². The Labute approximate surface area is 172 Å². The molecule has 0 spiro atoms. The Bertz CT molecular complexity index is 792. The molecule has 6 nitrogen and oxygen atoms in total. The molecule has 1 aromatic carbocycles. The van der Waals surface area contributed by atoms with E-state index in [0.717, 1.165) is 34.6 Å². The Hall–Kier alpha value is -2.33. The van der Waals surface area contributed by atoms with Crippen LogP contribution in [0.5, 0.6) is 5.75 Å². The van der Waals surface area contributed by atoms with Crippen LogP contribution in [0.25, 0.3) is 0 Å². The van der Waals surface area contributed by atoms with Gasteiger partial charge in [0, 0.05) is 24.0 Å². The Morgan fingerprint density at radius 1 is 1.24 bits per heavy atom. The van der Waals surface area contributed by atoms with E-state index in [2.05, 4.69) is 20.6 Å². The molecule has 0 aliphatic heterocycles. The van der Waals surface area contributed by atoms with Crippen LogP contribution in [0.2, 0.25) is 0 Å². The first-order chi connectivity index (χ1) is 13.8. The maximum absolute atomic E-state index is 12.7. The zero-order valence-corrected chi connectivity index (χ0v) is 17.5. The Balaban J connectivity index is 1.99. The molecule has 0 saturated carbocycles. The van der Waals surface area contributed by atoms with Gasteiger partial charge in [0.2, 0.25) is 0 Å². The van der Waals surface area contributed by atoms with E-state index >= 15 is 0 Å². The number of para-hydroxylation sites is 1. The summed E-state index contributed by atoms with van der Waals surface area (Å²) in [6.07, 6.45) is -4.43. The number of benzene rings is 1. The van der Waals surface area contributed by atoms with E-state index in [0.29, 0.717) is 30.7 Å². The van der Waals surface area contributed by atoms with Gasteiger partial charge in [-0.25, -0.2) is 9.98 Å². The Morgan fingerprint density at radius 3 is 2.66 bits per heavy atom. The first-order valence-corrected chi connectivity index (χ1v) is 10.1. The second-order valence-electron chi connectivity index (χ2n) is 6.43. The molecule has 0 unspecified atom stereocenters. The standard InChI is InChI=1S/C19H26F3N5OS/c1-4-23-18(25-12-17-26-16(13-29-17)19(20,21)22)24-11-14-7-5-6-8-15(14)28-10-9-27(2)3/h5-8,13H,4,9-12H2,1-3H3,(H2,23,24,25). The molecular weight excluding hydrogens is 403 g/mol. The van der Waals surface area contributed by atoms with Crippen molar-refractivity contribution < 1.29 is 17.9 Å². The second-order valence-corrected chi connectivity index (χ2v) is 7.38. The van der Waals surface area contributed by atoms with Crippen molar-refractivity contribution in [1.29, 1.82) is 0 Å². The minimum Gasteiger partial charge on any atom is -0.492 e. The van der Waals surface area contributed by atoms with E-state index in [1.807, 2.05) is 50.2 Å². The lowest BCUT2D eigenvalue weighted by Gasteiger charge is -2.14. The molecule has 0 bridgehead atoms. The van der Waals surface area contributed by atoms with Crippen molar-refractivity contribution in [1.82, 2.24) is 20.5 Å². The van der Waals surface area contributed by atoms with Crippen LogP contribution in [0.15, 0.2) is 34.6 Å². The monoisotopic (exact) mass is 429 g/mol. The van der Waals surface area contributed by atoms with Gasteiger partial charge < -0.3 is 20.3 Å². The molecular formula is C19H26F3N5OS. The topological polar surface area (TPSA) is 61.8 Å². The Morgan fingerprint density at radius 2 is 2.00 bits per heavy atom. The summed E-state index contributed by atoms with van der Waals surface area (Å²) in [7, 11) is 3.96. The van der Waals surface area contributed by atoms with Gasteiger partial charge in [0.05, 0.1) is 13.1 Å². The number of likely N-dealkylation sites (N-methyl/N-ethyl adjacent to an activating group) is 1. The number of guanidine groups is 1. The highest BCUT2D eigenvalue weighted by Crippen LogP contribution is 2.29. The Kier molecular flexibility index (Phi) is 8.71. The quantitative estimate of drug-likeness (QED) is 0.473. The van der Waals surface area contributed by atoms with Crippen LogP contribution in [0.1, 0.15) is 23.2 Å². The predicted molar refractivity (Wildman–Crippen MR) is 109 cm³/mol. The number of thiazole rings is 1. The number of rotatable bonds is 9. The summed E-state index contributed by atoms with van der Waals surface area (Å²) in [4.78, 5) is 10.2. The zero-order chi connectivity index (χ0) is 21.3. The van der Waals surface area contributed by atoms with Crippen molar-refractivity contribution in [2.75, 3.05) is 33.8 Å². The van der Waals surface area contributed by atoms with E-state index in [1.165, 1.54) is 0 Å². The number of ether oxygens (including phenoxy) is 1. The molecule has 10 heteroatoms. The first kappa shape index (κ1) is 23.0. The third-order valence-corrected chi connectivity index (χ3v) is 4.62. The number of aliphatic imine (C=N–C) groups is 1. The molecule has 2 aromatic rings. The molecule has 2 N–H and O–H groups in total. The van der Waals surface area contributed by atoms with Crippen LogP contribution in [0.4, 0.5) is 13.2 Å². The normalized spacial score (nSPS) is 12.3. The number of hydrogen-bond acceptors (Lipinski definition) is 5. The number of hydrogen-bond donors (Lipinski definition) is 2. The minimum atomic E-state index is -4.43. The molecule has 0 radical (unpaired) electrons. The van der Waals surface area contributed by atoms with E-state index in [-0.39, 0.29) is 6.54 Å². The maximum Gasteiger partial charge on any atom is 0.434 e. The van der Waals surface area contributed by atoms with Gasteiger partial charge in [-0.15, -0.1) is 11.3 Å².